The van der Waals surface area contributed by atoms with Gasteiger partial charge in [0, 0.05) is 21.6 Å². The zero-order valence-corrected chi connectivity index (χ0v) is 16.1. The predicted octanol–water partition coefficient (Wildman–Crippen LogP) is 4.85. The molecule has 0 aliphatic carbocycles. The molecular formula is C16H12ClN5S3. The van der Waals surface area contributed by atoms with E-state index in [1.54, 1.807) is 34.4 Å². The average molecular weight is 406 g/mol. The Hall–Kier alpha value is -1.74. The number of tetrazole rings is 1. The molecule has 4 aromatic rings. The quantitative estimate of drug-likeness (QED) is 0.429. The Kier molecular flexibility index (Phi) is 5.12. The molecule has 3 heterocycles. The molecule has 0 saturated carbocycles. The normalized spacial score (nSPS) is 11.1. The van der Waals surface area contributed by atoms with Gasteiger partial charge in [0.05, 0.1) is 17.3 Å². The van der Waals surface area contributed by atoms with Crippen molar-refractivity contribution in [1.29, 1.82) is 0 Å². The average Bonchev–Trinajstić information content (AvgIpc) is 3.36. The molecule has 0 N–H and O–H groups in total. The molecule has 0 saturated heterocycles. The summed E-state index contributed by atoms with van der Waals surface area (Å²) in [5.41, 5.74) is 1.96. The van der Waals surface area contributed by atoms with Crippen LogP contribution in [0.5, 0.6) is 0 Å². The van der Waals surface area contributed by atoms with E-state index in [-0.39, 0.29) is 0 Å². The second-order valence-electron chi connectivity index (χ2n) is 5.11. The first kappa shape index (κ1) is 16.7. The topological polar surface area (TPSA) is 56.5 Å². The van der Waals surface area contributed by atoms with Crippen LogP contribution in [0, 0.1) is 0 Å². The summed E-state index contributed by atoms with van der Waals surface area (Å²) in [5, 5.41) is 18.5. The number of rotatable bonds is 6. The number of benzene rings is 1. The van der Waals surface area contributed by atoms with Gasteiger partial charge < -0.3 is 0 Å². The summed E-state index contributed by atoms with van der Waals surface area (Å²) in [6.07, 6.45) is 0. The second-order valence-corrected chi connectivity index (χ2v) is 8.35. The van der Waals surface area contributed by atoms with E-state index in [0.717, 1.165) is 26.4 Å². The van der Waals surface area contributed by atoms with Crippen LogP contribution in [-0.4, -0.2) is 25.2 Å². The molecule has 25 heavy (non-hydrogen) atoms. The summed E-state index contributed by atoms with van der Waals surface area (Å²) in [7, 11) is 0. The SMILES string of the molecule is Clc1ccccc1-c1nc(CSc2nnnn2Cc2cccs2)cs1. The molecule has 9 heteroatoms. The minimum atomic E-state index is 0.689. The Labute approximate surface area is 161 Å². The van der Waals surface area contributed by atoms with Crippen LogP contribution >= 0.6 is 46.0 Å². The monoisotopic (exact) mass is 405 g/mol. The van der Waals surface area contributed by atoms with Crippen molar-refractivity contribution in [3.8, 4) is 10.6 Å². The van der Waals surface area contributed by atoms with Crippen LogP contribution in [0.2, 0.25) is 5.02 Å². The van der Waals surface area contributed by atoms with Crippen LogP contribution in [0.1, 0.15) is 10.6 Å². The standard InChI is InChI=1S/C16H12ClN5S3/c17-14-6-2-1-5-13(14)15-18-11(9-24-15)10-25-16-19-20-21-22(16)8-12-4-3-7-23-12/h1-7,9H,8,10H2. The van der Waals surface area contributed by atoms with Gasteiger partial charge in [-0.05, 0) is 27.9 Å². The molecule has 126 valence electrons. The van der Waals surface area contributed by atoms with Crippen molar-refractivity contribution in [2.45, 2.75) is 17.5 Å². The van der Waals surface area contributed by atoms with Crippen molar-refractivity contribution in [3.05, 3.63) is 62.8 Å². The summed E-state index contributed by atoms with van der Waals surface area (Å²) in [4.78, 5) is 5.91. The first-order valence-corrected chi connectivity index (χ1v) is 10.5. The Morgan fingerprint density at radius 2 is 2.04 bits per heavy atom. The number of thiazole rings is 1. The highest BCUT2D eigenvalue weighted by molar-refractivity contribution is 7.98. The van der Waals surface area contributed by atoms with Crippen molar-refractivity contribution < 1.29 is 0 Å². The molecule has 0 spiro atoms. The zero-order valence-electron chi connectivity index (χ0n) is 12.9. The minimum absolute atomic E-state index is 0.689. The number of halogens is 1. The van der Waals surface area contributed by atoms with Crippen LogP contribution in [-0.2, 0) is 12.3 Å². The molecule has 0 aliphatic heterocycles. The molecule has 0 atom stereocenters. The molecule has 4 rings (SSSR count). The van der Waals surface area contributed by atoms with Crippen molar-refractivity contribution >= 4 is 46.0 Å². The highest BCUT2D eigenvalue weighted by Gasteiger charge is 2.11. The van der Waals surface area contributed by atoms with Gasteiger partial charge in [-0.2, -0.15) is 0 Å². The minimum Gasteiger partial charge on any atom is -0.240 e. The largest absolute Gasteiger partial charge is 0.240 e. The van der Waals surface area contributed by atoms with Crippen molar-refractivity contribution in [2.24, 2.45) is 0 Å². The lowest BCUT2D eigenvalue weighted by atomic mass is 10.2. The predicted molar refractivity (Wildman–Crippen MR) is 103 cm³/mol. The summed E-state index contributed by atoms with van der Waals surface area (Å²) >= 11 is 11.1. The highest BCUT2D eigenvalue weighted by Crippen LogP contribution is 2.31. The lowest BCUT2D eigenvalue weighted by Gasteiger charge is -2.01. The maximum Gasteiger partial charge on any atom is 0.210 e. The smallest absolute Gasteiger partial charge is 0.210 e. The van der Waals surface area contributed by atoms with Gasteiger partial charge in [0.15, 0.2) is 0 Å². The molecule has 0 bridgehead atoms. The number of nitrogens with zero attached hydrogens (tertiary/aromatic N) is 5. The second kappa shape index (κ2) is 7.65. The van der Waals surface area contributed by atoms with Crippen LogP contribution in [0.15, 0.2) is 52.3 Å². The van der Waals surface area contributed by atoms with E-state index in [9.17, 15) is 0 Å². The third-order valence-electron chi connectivity index (χ3n) is 3.39. The van der Waals surface area contributed by atoms with Gasteiger partial charge in [-0.1, -0.05) is 47.6 Å². The van der Waals surface area contributed by atoms with E-state index >= 15 is 0 Å². The lowest BCUT2D eigenvalue weighted by Crippen LogP contribution is -2.02. The maximum atomic E-state index is 6.25. The van der Waals surface area contributed by atoms with Crippen molar-refractivity contribution in [2.75, 3.05) is 0 Å². The molecular weight excluding hydrogens is 394 g/mol. The molecule has 0 unspecified atom stereocenters. The Balaban J connectivity index is 1.45. The fraction of sp³-hybridized carbons (Fsp3) is 0.125. The number of hydrogen-bond donors (Lipinski definition) is 0. The van der Waals surface area contributed by atoms with Gasteiger partial charge in [-0.3, -0.25) is 0 Å². The van der Waals surface area contributed by atoms with Gasteiger partial charge in [0.2, 0.25) is 5.16 Å². The van der Waals surface area contributed by atoms with Crippen LogP contribution in [0.4, 0.5) is 0 Å². The van der Waals surface area contributed by atoms with E-state index in [4.69, 9.17) is 11.6 Å². The number of thioether (sulfide) groups is 1. The van der Waals surface area contributed by atoms with E-state index < -0.39 is 0 Å². The summed E-state index contributed by atoms with van der Waals surface area (Å²) < 4.78 is 1.82. The number of hydrogen-bond acceptors (Lipinski definition) is 7. The third-order valence-corrected chi connectivity index (χ3v) is 6.50. The van der Waals surface area contributed by atoms with Crippen molar-refractivity contribution in [3.63, 3.8) is 0 Å². The van der Waals surface area contributed by atoms with Gasteiger partial charge in [-0.25, -0.2) is 9.67 Å². The van der Waals surface area contributed by atoms with E-state index in [0.29, 0.717) is 12.3 Å². The summed E-state index contributed by atoms with van der Waals surface area (Å²) in [6, 6.07) is 11.9. The fourth-order valence-corrected chi connectivity index (χ4v) is 4.92. The molecule has 1 aromatic carbocycles. The first-order chi connectivity index (χ1) is 12.3. The summed E-state index contributed by atoms with van der Waals surface area (Å²) in [5.74, 6) is 0.714. The molecule has 5 nitrogen and oxygen atoms in total. The van der Waals surface area contributed by atoms with E-state index in [1.807, 2.05) is 35.0 Å². The van der Waals surface area contributed by atoms with Gasteiger partial charge in [-0.15, -0.1) is 27.8 Å². The number of thiophene rings is 1. The summed E-state index contributed by atoms with van der Waals surface area (Å²) in [6.45, 7) is 0.689. The Bertz CT molecular complexity index is 964. The molecule has 0 radical (unpaired) electrons. The molecule has 0 fully saturated rings. The van der Waals surface area contributed by atoms with E-state index in [1.165, 1.54) is 4.88 Å². The van der Waals surface area contributed by atoms with Crippen molar-refractivity contribution in [1.82, 2.24) is 25.2 Å². The molecule has 0 aliphatic rings. The molecule has 3 aromatic heterocycles. The Morgan fingerprint density at radius 3 is 2.88 bits per heavy atom. The molecule has 0 amide bonds. The van der Waals surface area contributed by atoms with Crippen LogP contribution in [0.3, 0.4) is 0 Å². The lowest BCUT2D eigenvalue weighted by molar-refractivity contribution is 0.608. The van der Waals surface area contributed by atoms with Gasteiger partial charge in [0.1, 0.15) is 5.01 Å². The van der Waals surface area contributed by atoms with E-state index in [2.05, 4.69) is 37.3 Å². The first-order valence-electron chi connectivity index (χ1n) is 7.40. The van der Waals surface area contributed by atoms with Crippen LogP contribution in [0.25, 0.3) is 10.6 Å². The Morgan fingerprint density at radius 1 is 1.12 bits per heavy atom. The zero-order chi connectivity index (χ0) is 17.1. The fourth-order valence-electron chi connectivity index (χ4n) is 2.22. The third kappa shape index (κ3) is 3.92. The van der Waals surface area contributed by atoms with Gasteiger partial charge in [0.25, 0.3) is 0 Å². The van der Waals surface area contributed by atoms with Gasteiger partial charge >= 0.3 is 0 Å². The number of aromatic nitrogens is 5. The van der Waals surface area contributed by atoms with Crippen LogP contribution < -0.4 is 0 Å². The maximum absolute atomic E-state index is 6.25. The highest BCUT2D eigenvalue weighted by atomic mass is 35.5.